The fourth-order valence-electron chi connectivity index (χ4n) is 1.82. The van der Waals surface area contributed by atoms with Crippen molar-refractivity contribution in [2.45, 2.75) is 32.9 Å². The highest BCUT2D eigenvalue weighted by Gasteiger charge is 2.29. The van der Waals surface area contributed by atoms with Crippen LogP contribution in [0.15, 0.2) is 18.2 Å². The van der Waals surface area contributed by atoms with Crippen molar-refractivity contribution in [3.05, 3.63) is 34.9 Å². The summed E-state index contributed by atoms with van der Waals surface area (Å²) in [6, 6.07) is 4.73. The van der Waals surface area contributed by atoms with Gasteiger partial charge in [0.15, 0.2) is 0 Å². The minimum absolute atomic E-state index is 0.0362. The van der Waals surface area contributed by atoms with Crippen LogP contribution in [0.2, 0.25) is 0 Å². The third-order valence-corrected chi connectivity index (χ3v) is 2.60. The fraction of sp³-hybridized carbons (Fsp3) is 0.357. The van der Waals surface area contributed by atoms with Gasteiger partial charge in [0, 0.05) is 11.1 Å². The van der Waals surface area contributed by atoms with Gasteiger partial charge in [0.05, 0.1) is 11.1 Å². The minimum atomic E-state index is -0.873. The van der Waals surface area contributed by atoms with Crippen molar-refractivity contribution >= 4 is 18.0 Å². The lowest BCUT2D eigenvalue weighted by atomic mass is 10.0. The van der Waals surface area contributed by atoms with E-state index in [1.54, 1.807) is 32.9 Å². The Hall–Kier alpha value is -2.37. The predicted molar refractivity (Wildman–Crippen MR) is 69.3 cm³/mol. The molecule has 0 fully saturated rings. The first-order chi connectivity index (χ1) is 9.28. The molecule has 0 unspecified atom stereocenters. The van der Waals surface area contributed by atoms with E-state index in [9.17, 15) is 14.4 Å². The van der Waals surface area contributed by atoms with Crippen molar-refractivity contribution in [2.75, 3.05) is 0 Å². The Morgan fingerprint density at radius 1 is 1.30 bits per heavy atom. The van der Waals surface area contributed by atoms with Crippen LogP contribution in [0.1, 0.15) is 47.1 Å². The molecule has 2 rings (SSSR count). The maximum Gasteiger partial charge on any atom is 0.415 e. The van der Waals surface area contributed by atoms with Crippen molar-refractivity contribution in [1.29, 1.82) is 0 Å². The Morgan fingerprint density at radius 3 is 2.65 bits per heavy atom. The van der Waals surface area contributed by atoms with Crippen molar-refractivity contribution < 1.29 is 23.9 Å². The molecule has 1 aliphatic rings. The Balaban J connectivity index is 2.17. The van der Waals surface area contributed by atoms with Crippen LogP contribution in [0.4, 0.5) is 4.79 Å². The number of hydrogen-bond acceptors (Lipinski definition) is 5. The van der Waals surface area contributed by atoms with E-state index in [1.807, 2.05) is 0 Å². The SMILES string of the molecule is CC(C)(C)NC(=O)OC(=O)c1cccc2c1C(=O)OC2. The monoisotopic (exact) mass is 277 g/mol. The molecule has 0 spiro atoms. The van der Waals surface area contributed by atoms with E-state index in [0.29, 0.717) is 5.56 Å². The fourth-order valence-corrected chi connectivity index (χ4v) is 1.82. The number of carbonyl (C=O) groups excluding carboxylic acids is 3. The zero-order valence-corrected chi connectivity index (χ0v) is 11.5. The number of benzene rings is 1. The zero-order chi connectivity index (χ0) is 14.9. The van der Waals surface area contributed by atoms with E-state index in [1.165, 1.54) is 6.07 Å². The van der Waals surface area contributed by atoms with Crippen molar-refractivity contribution in [3.8, 4) is 0 Å². The summed E-state index contributed by atoms with van der Waals surface area (Å²) in [5.41, 5.74) is 0.297. The quantitative estimate of drug-likeness (QED) is 0.627. The molecule has 6 heteroatoms. The third kappa shape index (κ3) is 2.96. The first-order valence-corrected chi connectivity index (χ1v) is 6.11. The number of rotatable bonds is 1. The van der Waals surface area contributed by atoms with E-state index < -0.39 is 23.6 Å². The van der Waals surface area contributed by atoms with Gasteiger partial charge in [0.2, 0.25) is 0 Å². The van der Waals surface area contributed by atoms with Gasteiger partial charge in [-0.3, -0.25) is 0 Å². The maximum atomic E-state index is 12.0. The van der Waals surface area contributed by atoms with Crippen LogP contribution in [0.25, 0.3) is 0 Å². The van der Waals surface area contributed by atoms with Crippen molar-refractivity contribution in [1.82, 2.24) is 5.32 Å². The first-order valence-electron chi connectivity index (χ1n) is 6.11. The molecule has 0 bridgehead atoms. The molecule has 0 aliphatic carbocycles. The minimum Gasteiger partial charge on any atom is -0.457 e. The summed E-state index contributed by atoms with van der Waals surface area (Å²) in [5, 5.41) is 2.50. The van der Waals surface area contributed by atoms with Crippen molar-refractivity contribution in [2.24, 2.45) is 0 Å². The average Bonchev–Trinajstić information content (AvgIpc) is 2.68. The summed E-state index contributed by atoms with van der Waals surface area (Å²) < 4.78 is 9.54. The lowest BCUT2D eigenvalue weighted by molar-refractivity contribution is 0.0518. The van der Waals surface area contributed by atoms with Crippen LogP contribution in [-0.2, 0) is 16.1 Å². The molecule has 1 amide bonds. The molecule has 1 aliphatic heterocycles. The summed E-state index contributed by atoms with van der Waals surface area (Å²) in [4.78, 5) is 35.1. The highest BCUT2D eigenvalue weighted by atomic mass is 16.6. The summed E-state index contributed by atoms with van der Waals surface area (Å²) in [6.07, 6.45) is -0.855. The van der Waals surface area contributed by atoms with Gasteiger partial charge in [-0.1, -0.05) is 12.1 Å². The zero-order valence-electron chi connectivity index (χ0n) is 11.5. The molecule has 0 radical (unpaired) electrons. The molecule has 0 saturated heterocycles. The third-order valence-electron chi connectivity index (χ3n) is 2.60. The predicted octanol–water partition coefficient (Wildman–Crippen LogP) is 2.02. The summed E-state index contributed by atoms with van der Waals surface area (Å²) >= 11 is 0. The second-order valence-corrected chi connectivity index (χ2v) is 5.47. The summed E-state index contributed by atoms with van der Waals surface area (Å²) in [6.45, 7) is 5.41. The number of nitrogens with one attached hydrogen (secondary N) is 1. The van der Waals surface area contributed by atoms with E-state index in [0.717, 1.165) is 0 Å². The van der Waals surface area contributed by atoms with Crippen LogP contribution in [0.3, 0.4) is 0 Å². The normalized spacial score (nSPS) is 13.4. The standard InChI is InChI=1S/C14H15NO5/c1-14(2,3)15-13(18)20-11(16)9-6-4-5-8-7-19-12(17)10(8)9/h4-6H,7H2,1-3H3,(H,15,18). The molecule has 0 aromatic heterocycles. The molecule has 1 heterocycles. The molecule has 106 valence electrons. The highest BCUT2D eigenvalue weighted by molar-refractivity contribution is 6.07. The van der Waals surface area contributed by atoms with E-state index in [4.69, 9.17) is 4.74 Å². The molecular formula is C14H15NO5. The maximum absolute atomic E-state index is 12.0. The Labute approximate surface area is 116 Å². The summed E-state index contributed by atoms with van der Waals surface area (Å²) in [5.74, 6) is -1.45. The van der Waals surface area contributed by atoms with Crippen LogP contribution < -0.4 is 5.32 Å². The van der Waals surface area contributed by atoms with Crippen LogP contribution in [0.5, 0.6) is 0 Å². The molecule has 0 saturated carbocycles. The number of esters is 2. The first kappa shape index (κ1) is 14.0. The molecule has 1 aromatic carbocycles. The lowest BCUT2D eigenvalue weighted by Crippen LogP contribution is -2.41. The van der Waals surface area contributed by atoms with Gasteiger partial charge < -0.3 is 14.8 Å². The van der Waals surface area contributed by atoms with Crippen molar-refractivity contribution in [3.63, 3.8) is 0 Å². The topological polar surface area (TPSA) is 81.7 Å². The Morgan fingerprint density at radius 2 is 2.00 bits per heavy atom. The van der Waals surface area contributed by atoms with Crippen LogP contribution in [-0.4, -0.2) is 23.6 Å². The molecular weight excluding hydrogens is 262 g/mol. The number of fused-ring (bicyclic) bond motifs is 1. The van der Waals surface area contributed by atoms with Gasteiger partial charge >= 0.3 is 18.0 Å². The van der Waals surface area contributed by atoms with Gasteiger partial charge in [-0.15, -0.1) is 0 Å². The second kappa shape index (κ2) is 4.96. The Bertz CT molecular complexity index is 586. The number of hydrogen-bond donors (Lipinski definition) is 1. The number of amides is 1. The molecule has 1 N–H and O–H groups in total. The molecule has 20 heavy (non-hydrogen) atoms. The molecule has 0 atom stereocenters. The van der Waals surface area contributed by atoms with Crippen LogP contribution >= 0.6 is 0 Å². The number of cyclic esters (lactones) is 1. The van der Waals surface area contributed by atoms with Gasteiger partial charge in [0.1, 0.15) is 6.61 Å². The van der Waals surface area contributed by atoms with Crippen LogP contribution in [0, 0.1) is 0 Å². The smallest absolute Gasteiger partial charge is 0.415 e. The van der Waals surface area contributed by atoms with Gasteiger partial charge in [-0.05, 0) is 26.8 Å². The molecule has 6 nitrogen and oxygen atoms in total. The largest absolute Gasteiger partial charge is 0.457 e. The molecule has 1 aromatic rings. The van der Waals surface area contributed by atoms with E-state index in [-0.39, 0.29) is 17.7 Å². The Kier molecular flexibility index (Phi) is 3.48. The average molecular weight is 277 g/mol. The lowest BCUT2D eigenvalue weighted by Gasteiger charge is -2.19. The number of alkyl carbamates (subject to hydrolysis) is 1. The second-order valence-electron chi connectivity index (χ2n) is 5.47. The van der Waals surface area contributed by atoms with E-state index in [2.05, 4.69) is 10.1 Å². The highest BCUT2D eigenvalue weighted by Crippen LogP contribution is 2.24. The number of carbonyl (C=O) groups is 3. The van der Waals surface area contributed by atoms with Gasteiger partial charge in [-0.25, -0.2) is 14.4 Å². The summed E-state index contributed by atoms with van der Waals surface area (Å²) in [7, 11) is 0. The van der Waals surface area contributed by atoms with Gasteiger partial charge in [0.25, 0.3) is 0 Å². The van der Waals surface area contributed by atoms with E-state index >= 15 is 0 Å². The van der Waals surface area contributed by atoms with Gasteiger partial charge in [-0.2, -0.15) is 0 Å². The number of ether oxygens (including phenoxy) is 2.